The lowest BCUT2D eigenvalue weighted by atomic mass is 9.81. The summed E-state index contributed by atoms with van der Waals surface area (Å²) in [7, 11) is 0. The molecule has 1 atom stereocenters. The van der Waals surface area contributed by atoms with E-state index in [4.69, 9.17) is 0 Å². The molecular formula is C16H22N2O2. The number of benzene rings is 1. The maximum Gasteiger partial charge on any atom is 0.240 e. The molecule has 4 nitrogen and oxygen atoms in total. The number of nitrogens with one attached hydrogen (secondary N) is 1. The molecule has 1 fully saturated rings. The predicted molar refractivity (Wildman–Crippen MR) is 78.3 cm³/mol. The van der Waals surface area contributed by atoms with Gasteiger partial charge in [0.25, 0.3) is 0 Å². The highest BCUT2D eigenvalue weighted by molar-refractivity contribution is 6.08. The average Bonchev–Trinajstić information content (AvgIpc) is 2.68. The number of nitrogens with zero attached hydrogens (tertiary/aromatic N) is 1. The Morgan fingerprint density at radius 3 is 2.60 bits per heavy atom. The van der Waals surface area contributed by atoms with Crippen LogP contribution in [0.25, 0.3) is 0 Å². The lowest BCUT2D eigenvalue weighted by Gasteiger charge is -2.22. The number of hydrogen-bond donors (Lipinski definition) is 1. The van der Waals surface area contributed by atoms with E-state index in [1.54, 1.807) is 0 Å². The summed E-state index contributed by atoms with van der Waals surface area (Å²) in [5, 5.41) is 3.21. The highest BCUT2D eigenvalue weighted by Crippen LogP contribution is 2.36. The number of imide groups is 1. The van der Waals surface area contributed by atoms with Gasteiger partial charge >= 0.3 is 0 Å². The van der Waals surface area contributed by atoms with Crippen molar-refractivity contribution < 1.29 is 9.59 Å². The van der Waals surface area contributed by atoms with Crippen LogP contribution in [-0.2, 0) is 15.0 Å². The molecule has 1 aromatic rings. The maximum absolute atomic E-state index is 12.6. The van der Waals surface area contributed by atoms with Crippen LogP contribution in [0.4, 0.5) is 0 Å². The van der Waals surface area contributed by atoms with Crippen molar-refractivity contribution in [3.63, 3.8) is 0 Å². The largest absolute Gasteiger partial charge is 0.317 e. The van der Waals surface area contributed by atoms with Gasteiger partial charge in [-0.15, -0.1) is 0 Å². The van der Waals surface area contributed by atoms with Crippen LogP contribution < -0.4 is 5.32 Å². The van der Waals surface area contributed by atoms with Crippen molar-refractivity contribution in [1.82, 2.24) is 10.2 Å². The van der Waals surface area contributed by atoms with Gasteiger partial charge in [0.05, 0.1) is 5.41 Å². The van der Waals surface area contributed by atoms with Gasteiger partial charge in [-0.25, -0.2) is 0 Å². The molecule has 0 saturated carbocycles. The first kappa shape index (κ1) is 14.7. The van der Waals surface area contributed by atoms with Crippen molar-refractivity contribution in [1.29, 1.82) is 0 Å². The molecule has 1 saturated heterocycles. The van der Waals surface area contributed by atoms with Crippen LogP contribution in [0.2, 0.25) is 0 Å². The Balaban J connectivity index is 2.08. The molecule has 1 aromatic carbocycles. The van der Waals surface area contributed by atoms with Crippen molar-refractivity contribution in [3.05, 3.63) is 35.9 Å². The molecule has 1 aliphatic rings. The Morgan fingerprint density at radius 1 is 1.25 bits per heavy atom. The summed E-state index contributed by atoms with van der Waals surface area (Å²) < 4.78 is 0. The number of hydrogen-bond acceptors (Lipinski definition) is 3. The van der Waals surface area contributed by atoms with Crippen LogP contribution >= 0.6 is 0 Å². The molecule has 1 heterocycles. The Kier molecular flexibility index (Phi) is 4.55. The number of carbonyl (C=O) groups excluding carboxylic acids is 2. The van der Waals surface area contributed by atoms with Gasteiger partial charge in [-0.2, -0.15) is 0 Å². The molecule has 108 valence electrons. The summed E-state index contributed by atoms with van der Waals surface area (Å²) in [4.78, 5) is 26.1. The van der Waals surface area contributed by atoms with Gasteiger partial charge in [-0.1, -0.05) is 37.3 Å². The third-order valence-electron chi connectivity index (χ3n) is 3.92. The normalized spacial score (nSPS) is 22.6. The average molecular weight is 274 g/mol. The van der Waals surface area contributed by atoms with E-state index >= 15 is 0 Å². The van der Waals surface area contributed by atoms with E-state index in [1.807, 2.05) is 44.2 Å². The second-order valence-electron chi connectivity index (χ2n) is 5.43. The molecule has 2 rings (SSSR count). The lowest BCUT2D eigenvalue weighted by molar-refractivity contribution is -0.139. The van der Waals surface area contributed by atoms with E-state index in [0.717, 1.165) is 25.1 Å². The van der Waals surface area contributed by atoms with Gasteiger partial charge < -0.3 is 5.32 Å². The van der Waals surface area contributed by atoms with Crippen LogP contribution in [0.5, 0.6) is 0 Å². The van der Waals surface area contributed by atoms with Crippen LogP contribution in [0.3, 0.4) is 0 Å². The molecule has 20 heavy (non-hydrogen) atoms. The van der Waals surface area contributed by atoms with Crippen molar-refractivity contribution in [2.45, 2.75) is 32.1 Å². The molecule has 0 bridgehead atoms. The number of rotatable bonds is 6. The third kappa shape index (κ3) is 2.75. The van der Waals surface area contributed by atoms with Gasteiger partial charge in [0.2, 0.25) is 11.8 Å². The van der Waals surface area contributed by atoms with E-state index < -0.39 is 5.41 Å². The van der Waals surface area contributed by atoms with Gasteiger partial charge in [0, 0.05) is 13.0 Å². The molecule has 2 amide bonds. The second kappa shape index (κ2) is 6.18. The summed E-state index contributed by atoms with van der Waals surface area (Å²) in [6.07, 6.45) is 1.08. The summed E-state index contributed by atoms with van der Waals surface area (Å²) >= 11 is 0. The topological polar surface area (TPSA) is 49.4 Å². The molecule has 0 aliphatic carbocycles. The van der Waals surface area contributed by atoms with E-state index in [9.17, 15) is 9.59 Å². The summed E-state index contributed by atoms with van der Waals surface area (Å²) in [6.45, 7) is 6.15. The van der Waals surface area contributed by atoms with E-state index in [1.165, 1.54) is 4.90 Å². The standard InChI is InChI=1S/C16H22N2O2/c1-3-17-10-7-11-18-14(19)12-16(2,15(18)20)13-8-5-4-6-9-13/h4-6,8-9,17H,3,7,10-12H2,1-2H3. The van der Waals surface area contributed by atoms with Crippen LogP contribution in [0.1, 0.15) is 32.3 Å². The van der Waals surface area contributed by atoms with Crippen LogP contribution in [0, 0.1) is 0 Å². The van der Waals surface area contributed by atoms with Gasteiger partial charge in [0.1, 0.15) is 0 Å². The minimum absolute atomic E-state index is 0.0575. The van der Waals surface area contributed by atoms with Crippen molar-refractivity contribution in [2.24, 2.45) is 0 Å². The second-order valence-corrected chi connectivity index (χ2v) is 5.43. The summed E-state index contributed by atoms with van der Waals surface area (Å²) in [6, 6.07) is 9.58. The van der Waals surface area contributed by atoms with E-state index in [-0.39, 0.29) is 18.2 Å². The first-order valence-electron chi connectivity index (χ1n) is 7.20. The maximum atomic E-state index is 12.6. The summed E-state index contributed by atoms with van der Waals surface area (Å²) in [5.74, 6) is -0.122. The number of carbonyl (C=O) groups is 2. The minimum Gasteiger partial charge on any atom is -0.317 e. The zero-order valence-corrected chi connectivity index (χ0v) is 12.2. The fourth-order valence-corrected chi connectivity index (χ4v) is 2.68. The van der Waals surface area contributed by atoms with Crippen molar-refractivity contribution in [2.75, 3.05) is 19.6 Å². The van der Waals surface area contributed by atoms with Gasteiger partial charge in [-0.05, 0) is 32.0 Å². The quantitative estimate of drug-likeness (QED) is 0.634. The SMILES string of the molecule is CCNCCCN1C(=O)CC(C)(c2ccccc2)C1=O. The monoisotopic (exact) mass is 274 g/mol. The molecule has 0 aromatic heterocycles. The van der Waals surface area contributed by atoms with E-state index in [2.05, 4.69) is 5.32 Å². The molecule has 1 aliphatic heterocycles. The molecule has 1 unspecified atom stereocenters. The van der Waals surface area contributed by atoms with E-state index in [0.29, 0.717) is 6.54 Å². The van der Waals surface area contributed by atoms with Crippen molar-refractivity contribution in [3.8, 4) is 0 Å². The fraction of sp³-hybridized carbons (Fsp3) is 0.500. The predicted octanol–water partition coefficient (Wildman–Crippen LogP) is 1.70. The fourth-order valence-electron chi connectivity index (χ4n) is 2.68. The third-order valence-corrected chi connectivity index (χ3v) is 3.92. The smallest absolute Gasteiger partial charge is 0.240 e. The highest BCUT2D eigenvalue weighted by Gasteiger charge is 2.48. The molecule has 4 heteroatoms. The molecule has 0 radical (unpaired) electrons. The Hall–Kier alpha value is -1.68. The Bertz CT molecular complexity index is 487. The Labute approximate surface area is 120 Å². The van der Waals surface area contributed by atoms with Crippen LogP contribution in [0.15, 0.2) is 30.3 Å². The number of amides is 2. The molecule has 0 spiro atoms. The molecular weight excluding hydrogens is 252 g/mol. The lowest BCUT2D eigenvalue weighted by Crippen LogP contribution is -2.37. The van der Waals surface area contributed by atoms with Gasteiger partial charge in [-0.3, -0.25) is 14.5 Å². The highest BCUT2D eigenvalue weighted by atomic mass is 16.2. The summed E-state index contributed by atoms with van der Waals surface area (Å²) in [5.41, 5.74) is 0.226. The van der Waals surface area contributed by atoms with Gasteiger partial charge in [0.15, 0.2) is 0 Å². The van der Waals surface area contributed by atoms with Crippen molar-refractivity contribution >= 4 is 11.8 Å². The molecule has 1 N–H and O–H groups in total. The number of likely N-dealkylation sites (tertiary alicyclic amines) is 1. The first-order chi connectivity index (χ1) is 9.59. The Morgan fingerprint density at radius 2 is 1.95 bits per heavy atom. The van der Waals surface area contributed by atoms with Crippen LogP contribution in [-0.4, -0.2) is 36.3 Å². The zero-order valence-electron chi connectivity index (χ0n) is 12.2. The zero-order chi connectivity index (χ0) is 14.6. The minimum atomic E-state index is -0.698. The first-order valence-corrected chi connectivity index (χ1v) is 7.20.